The van der Waals surface area contributed by atoms with Gasteiger partial charge in [0.15, 0.2) is 0 Å². The minimum absolute atomic E-state index is 0.864. The summed E-state index contributed by atoms with van der Waals surface area (Å²) in [5.74, 6) is 0.864. The number of para-hydroxylation sites is 1. The fraction of sp³-hybridized carbons (Fsp3) is 0.0714. The van der Waals surface area contributed by atoms with Crippen LogP contribution in [0.15, 0.2) is 48.8 Å². The standard InChI is InChI=1S/C14H12N2O/c1-17-11-7-5-10(6-8-11)12-3-2-4-13-14(12)16-9-15-13/h2-9H,1H3,(H,15,16). The highest BCUT2D eigenvalue weighted by molar-refractivity contribution is 5.91. The van der Waals surface area contributed by atoms with Crippen LogP contribution in [0.2, 0.25) is 0 Å². The molecule has 0 aliphatic rings. The smallest absolute Gasteiger partial charge is 0.118 e. The third-order valence-corrected chi connectivity index (χ3v) is 2.85. The number of benzene rings is 2. The van der Waals surface area contributed by atoms with Gasteiger partial charge in [-0.25, -0.2) is 4.98 Å². The molecule has 3 rings (SSSR count). The molecule has 3 aromatic rings. The van der Waals surface area contributed by atoms with E-state index >= 15 is 0 Å². The van der Waals surface area contributed by atoms with E-state index in [-0.39, 0.29) is 0 Å². The normalized spacial score (nSPS) is 10.6. The van der Waals surface area contributed by atoms with E-state index in [0.717, 1.165) is 27.9 Å². The number of fused-ring (bicyclic) bond motifs is 1. The van der Waals surface area contributed by atoms with Gasteiger partial charge in [-0.1, -0.05) is 24.3 Å². The molecule has 0 saturated carbocycles. The second-order valence-electron chi connectivity index (χ2n) is 3.83. The molecule has 1 N–H and O–H groups in total. The van der Waals surface area contributed by atoms with E-state index in [4.69, 9.17) is 4.74 Å². The number of ether oxygens (including phenoxy) is 1. The van der Waals surface area contributed by atoms with Crippen LogP contribution in [0.4, 0.5) is 0 Å². The van der Waals surface area contributed by atoms with Crippen LogP contribution in [0.25, 0.3) is 22.2 Å². The molecule has 84 valence electrons. The number of methoxy groups -OCH3 is 1. The monoisotopic (exact) mass is 224 g/mol. The summed E-state index contributed by atoms with van der Waals surface area (Å²) in [7, 11) is 1.67. The lowest BCUT2D eigenvalue weighted by Gasteiger charge is -2.04. The van der Waals surface area contributed by atoms with Crippen molar-refractivity contribution in [1.82, 2.24) is 9.97 Å². The zero-order valence-electron chi connectivity index (χ0n) is 9.47. The van der Waals surface area contributed by atoms with E-state index in [1.807, 2.05) is 36.4 Å². The lowest BCUT2D eigenvalue weighted by atomic mass is 10.0. The maximum atomic E-state index is 5.16. The number of rotatable bonds is 2. The van der Waals surface area contributed by atoms with Crippen molar-refractivity contribution in [2.45, 2.75) is 0 Å². The van der Waals surface area contributed by atoms with E-state index in [9.17, 15) is 0 Å². The number of nitrogens with zero attached hydrogens (tertiary/aromatic N) is 1. The van der Waals surface area contributed by atoms with Gasteiger partial charge in [-0.3, -0.25) is 0 Å². The van der Waals surface area contributed by atoms with Gasteiger partial charge in [-0.05, 0) is 23.8 Å². The number of hydrogen-bond donors (Lipinski definition) is 1. The number of aromatic nitrogens is 2. The van der Waals surface area contributed by atoms with Gasteiger partial charge < -0.3 is 9.72 Å². The maximum Gasteiger partial charge on any atom is 0.118 e. The molecule has 17 heavy (non-hydrogen) atoms. The van der Waals surface area contributed by atoms with E-state index in [1.54, 1.807) is 13.4 Å². The predicted octanol–water partition coefficient (Wildman–Crippen LogP) is 3.24. The van der Waals surface area contributed by atoms with Crippen LogP contribution in [0.1, 0.15) is 0 Å². The van der Waals surface area contributed by atoms with Gasteiger partial charge in [-0.2, -0.15) is 0 Å². The molecule has 0 fully saturated rings. The van der Waals surface area contributed by atoms with Gasteiger partial charge in [-0.15, -0.1) is 0 Å². The van der Waals surface area contributed by atoms with E-state index in [0.29, 0.717) is 0 Å². The van der Waals surface area contributed by atoms with Gasteiger partial charge >= 0.3 is 0 Å². The SMILES string of the molecule is COc1ccc(-c2cccc3[nH]cnc23)cc1. The minimum Gasteiger partial charge on any atom is -0.497 e. The van der Waals surface area contributed by atoms with Crippen LogP contribution in [0, 0.1) is 0 Å². The van der Waals surface area contributed by atoms with Crippen molar-refractivity contribution >= 4 is 11.0 Å². The Morgan fingerprint density at radius 3 is 2.65 bits per heavy atom. The molecular formula is C14H12N2O. The van der Waals surface area contributed by atoms with Crippen LogP contribution < -0.4 is 4.74 Å². The fourth-order valence-corrected chi connectivity index (χ4v) is 1.97. The van der Waals surface area contributed by atoms with Crippen LogP contribution in [-0.2, 0) is 0 Å². The predicted molar refractivity (Wildman–Crippen MR) is 68.1 cm³/mol. The Bertz CT molecular complexity index is 641. The Morgan fingerprint density at radius 1 is 1.06 bits per heavy atom. The molecule has 3 nitrogen and oxygen atoms in total. The topological polar surface area (TPSA) is 37.9 Å². The summed E-state index contributed by atoms with van der Waals surface area (Å²) in [6.45, 7) is 0. The van der Waals surface area contributed by atoms with Gasteiger partial charge in [0.05, 0.1) is 24.5 Å². The summed E-state index contributed by atoms with van der Waals surface area (Å²) in [6.07, 6.45) is 1.72. The van der Waals surface area contributed by atoms with Crippen molar-refractivity contribution in [3.8, 4) is 16.9 Å². The van der Waals surface area contributed by atoms with Gasteiger partial charge in [0.25, 0.3) is 0 Å². The second kappa shape index (κ2) is 3.94. The Kier molecular flexibility index (Phi) is 2.29. The zero-order chi connectivity index (χ0) is 11.7. The fourth-order valence-electron chi connectivity index (χ4n) is 1.97. The van der Waals surface area contributed by atoms with Gasteiger partial charge in [0, 0.05) is 5.56 Å². The number of imidazole rings is 1. The van der Waals surface area contributed by atoms with E-state index in [2.05, 4.69) is 16.0 Å². The molecule has 1 aromatic heterocycles. The molecule has 0 aliphatic heterocycles. The summed E-state index contributed by atoms with van der Waals surface area (Å²) in [5.41, 5.74) is 4.32. The molecule has 2 aromatic carbocycles. The van der Waals surface area contributed by atoms with Crippen LogP contribution >= 0.6 is 0 Å². The molecule has 0 aliphatic carbocycles. The van der Waals surface area contributed by atoms with Crippen molar-refractivity contribution < 1.29 is 4.74 Å². The average Bonchev–Trinajstić information content (AvgIpc) is 2.87. The van der Waals surface area contributed by atoms with Crippen molar-refractivity contribution in [2.24, 2.45) is 0 Å². The van der Waals surface area contributed by atoms with Crippen molar-refractivity contribution in [3.05, 3.63) is 48.8 Å². The molecule has 0 bridgehead atoms. The van der Waals surface area contributed by atoms with Crippen molar-refractivity contribution in [1.29, 1.82) is 0 Å². The Labute approximate surface area is 99.1 Å². The number of nitrogens with one attached hydrogen (secondary N) is 1. The highest BCUT2D eigenvalue weighted by Gasteiger charge is 2.05. The van der Waals surface area contributed by atoms with Crippen molar-refractivity contribution in [3.63, 3.8) is 0 Å². The van der Waals surface area contributed by atoms with Crippen LogP contribution in [0.5, 0.6) is 5.75 Å². The Balaban J connectivity index is 2.16. The molecule has 0 spiro atoms. The van der Waals surface area contributed by atoms with Gasteiger partial charge in [0.2, 0.25) is 0 Å². The zero-order valence-corrected chi connectivity index (χ0v) is 9.47. The molecule has 0 atom stereocenters. The summed E-state index contributed by atoms with van der Waals surface area (Å²) in [4.78, 5) is 7.47. The third kappa shape index (κ3) is 1.65. The first-order valence-electron chi connectivity index (χ1n) is 5.45. The lowest BCUT2D eigenvalue weighted by Crippen LogP contribution is -1.83. The molecule has 1 heterocycles. The summed E-state index contributed by atoms with van der Waals surface area (Å²) in [6, 6.07) is 14.1. The number of H-pyrrole nitrogens is 1. The highest BCUT2D eigenvalue weighted by Crippen LogP contribution is 2.27. The summed E-state index contributed by atoms with van der Waals surface area (Å²) < 4.78 is 5.16. The molecule has 0 saturated heterocycles. The molecule has 3 heteroatoms. The molecule has 0 amide bonds. The Hall–Kier alpha value is -2.29. The second-order valence-corrected chi connectivity index (χ2v) is 3.83. The number of hydrogen-bond acceptors (Lipinski definition) is 2. The van der Waals surface area contributed by atoms with Crippen LogP contribution in [0.3, 0.4) is 0 Å². The lowest BCUT2D eigenvalue weighted by molar-refractivity contribution is 0.415. The van der Waals surface area contributed by atoms with E-state index in [1.165, 1.54) is 0 Å². The molecule has 0 unspecified atom stereocenters. The summed E-state index contributed by atoms with van der Waals surface area (Å²) >= 11 is 0. The average molecular weight is 224 g/mol. The first kappa shape index (κ1) is 9.90. The molecular weight excluding hydrogens is 212 g/mol. The molecule has 0 radical (unpaired) electrons. The van der Waals surface area contributed by atoms with Crippen molar-refractivity contribution in [2.75, 3.05) is 7.11 Å². The largest absolute Gasteiger partial charge is 0.497 e. The summed E-state index contributed by atoms with van der Waals surface area (Å²) in [5, 5.41) is 0. The number of aromatic amines is 1. The Morgan fingerprint density at radius 2 is 1.88 bits per heavy atom. The third-order valence-electron chi connectivity index (χ3n) is 2.85. The quantitative estimate of drug-likeness (QED) is 0.725. The minimum atomic E-state index is 0.864. The highest BCUT2D eigenvalue weighted by atomic mass is 16.5. The first-order valence-corrected chi connectivity index (χ1v) is 5.45. The van der Waals surface area contributed by atoms with E-state index < -0.39 is 0 Å². The van der Waals surface area contributed by atoms with Gasteiger partial charge in [0.1, 0.15) is 5.75 Å². The first-order chi connectivity index (χ1) is 8.38. The van der Waals surface area contributed by atoms with Crippen LogP contribution in [-0.4, -0.2) is 17.1 Å². The maximum absolute atomic E-state index is 5.16.